The first kappa shape index (κ1) is 14.0. The number of sulfone groups is 1. The summed E-state index contributed by atoms with van der Waals surface area (Å²) >= 11 is 1.77. The Hall–Kier alpha value is -0.390. The molecule has 3 nitrogen and oxygen atoms in total. The Morgan fingerprint density at radius 2 is 2.33 bits per heavy atom. The molecular formula is C13H21NO2S2. The molecule has 1 aromatic rings. The minimum atomic E-state index is -2.76. The molecule has 0 bridgehead atoms. The molecule has 0 aliphatic carbocycles. The monoisotopic (exact) mass is 287 g/mol. The van der Waals surface area contributed by atoms with Crippen molar-refractivity contribution >= 4 is 21.2 Å². The number of hydrogen-bond acceptors (Lipinski definition) is 4. The van der Waals surface area contributed by atoms with Gasteiger partial charge in [-0.1, -0.05) is 6.92 Å². The molecular weight excluding hydrogens is 266 g/mol. The molecule has 5 heteroatoms. The summed E-state index contributed by atoms with van der Waals surface area (Å²) in [6.45, 7) is 5.14. The van der Waals surface area contributed by atoms with E-state index in [1.54, 1.807) is 11.3 Å². The highest BCUT2D eigenvalue weighted by Crippen LogP contribution is 2.32. The van der Waals surface area contributed by atoms with E-state index in [0.717, 1.165) is 19.4 Å². The van der Waals surface area contributed by atoms with Gasteiger partial charge in [0, 0.05) is 10.9 Å². The second-order valence-corrected chi connectivity index (χ2v) is 8.26. The van der Waals surface area contributed by atoms with E-state index in [0.29, 0.717) is 23.5 Å². The molecule has 0 aromatic carbocycles. The topological polar surface area (TPSA) is 46.2 Å². The zero-order valence-corrected chi connectivity index (χ0v) is 12.6. The summed E-state index contributed by atoms with van der Waals surface area (Å²) in [7, 11) is -2.76. The zero-order valence-electron chi connectivity index (χ0n) is 11.0. The number of aryl methyl sites for hydroxylation is 1. The van der Waals surface area contributed by atoms with Crippen molar-refractivity contribution in [1.82, 2.24) is 5.32 Å². The van der Waals surface area contributed by atoms with Gasteiger partial charge in [-0.2, -0.15) is 0 Å². The van der Waals surface area contributed by atoms with Gasteiger partial charge in [-0.05, 0) is 49.2 Å². The van der Waals surface area contributed by atoms with Gasteiger partial charge in [0.25, 0.3) is 0 Å². The van der Waals surface area contributed by atoms with Gasteiger partial charge in [-0.3, -0.25) is 0 Å². The van der Waals surface area contributed by atoms with Crippen LogP contribution in [0, 0.1) is 12.8 Å². The molecule has 1 fully saturated rings. The lowest BCUT2D eigenvalue weighted by atomic mass is 9.97. The van der Waals surface area contributed by atoms with Gasteiger partial charge < -0.3 is 5.32 Å². The van der Waals surface area contributed by atoms with Gasteiger partial charge in [-0.15, -0.1) is 11.3 Å². The van der Waals surface area contributed by atoms with E-state index in [1.807, 2.05) is 0 Å². The SMILES string of the molecule is CCNC(CC1CCS(=O)(=O)C1)c1sccc1C. The third kappa shape index (κ3) is 3.33. The molecule has 2 heterocycles. The van der Waals surface area contributed by atoms with Crippen molar-refractivity contribution in [2.75, 3.05) is 18.1 Å². The Labute approximate surface area is 114 Å². The van der Waals surface area contributed by atoms with Crippen molar-refractivity contribution in [3.05, 3.63) is 21.9 Å². The van der Waals surface area contributed by atoms with Crippen molar-refractivity contribution in [2.24, 2.45) is 5.92 Å². The average molecular weight is 287 g/mol. The van der Waals surface area contributed by atoms with Crippen molar-refractivity contribution in [2.45, 2.75) is 32.7 Å². The van der Waals surface area contributed by atoms with Crippen LogP contribution < -0.4 is 5.32 Å². The highest BCUT2D eigenvalue weighted by molar-refractivity contribution is 7.91. The predicted molar refractivity (Wildman–Crippen MR) is 76.9 cm³/mol. The van der Waals surface area contributed by atoms with E-state index >= 15 is 0 Å². The molecule has 2 rings (SSSR count). The van der Waals surface area contributed by atoms with Crippen LogP contribution >= 0.6 is 11.3 Å². The first-order valence-corrected chi connectivity index (χ1v) is 9.19. The van der Waals surface area contributed by atoms with Crippen LogP contribution in [-0.2, 0) is 9.84 Å². The average Bonchev–Trinajstić information content (AvgIpc) is 2.84. The molecule has 1 N–H and O–H groups in total. The smallest absolute Gasteiger partial charge is 0.150 e. The lowest BCUT2D eigenvalue weighted by Crippen LogP contribution is -2.23. The van der Waals surface area contributed by atoms with E-state index in [2.05, 4.69) is 30.6 Å². The van der Waals surface area contributed by atoms with Crippen LogP contribution in [0.5, 0.6) is 0 Å². The van der Waals surface area contributed by atoms with Crippen LogP contribution in [0.1, 0.15) is 36.2 Å². The summed E-state index contributed by atoms with van der Waals surface area (Å²) in [4.78, 5) is 1.36. The van der Waals surface area contributed by atoms with Crippen molar-refractivity contribution in [1.29, 1.82) is 0 Å². The first-order chi connectivity index (χ1) is 8.52. The van der Waals surface area contributed by atoms with Crippen LogP contribution in [0.3, 0.4) is 0 Å². The van der Waals surface area contributed by atoms with E-state index in [9.17, 15) is 8.42 Å². The quantitative estimate of drug-likeness (QED) is 0.905. The maximum absolute atomic E-state index is 11.5. The van der Waals surface area contributed by atoms with E-state index in [-0.39, 0.29) is 0 Å². The molecule has 2 atom stereocenters. The summed E-state index contributed by atoms with van der Waals surface area (Å²) in [5.41, 5.74) is 1.31. The van der Waals surface area contributed by atoms with E-state index in [4.69, 9.17) is 0 Å². The fourth-order valence-electron chi connectivity index (χ4n) is 2.66. The fourth-order valence-corrected chi connectivity index (χ4v) is 5.56. The van der Waals surface area contributed by atoms with Crippen molar-refractivity contribution in [3.63, 3.8) is 0 Å². The molecule has 1 saturated heterocycles. The standard InChI is InChI=1S/C13H21NO2S2/c1-3-14-12(13-10(2)4-6-17-13)8-11-5-7-18(15,16)9-11/h4,6,11-12,14H,3,5,7-9H2,1-2H3. The lowest BCUT2D eigenvalue weighted by Gasteiger charge is -2.20. The van der Waals surface area contributed by atoms with Gasteiger partial charge in [-0.25, -0.2) is 8.42 Å². The summed E-state index contributed by atoms with van der Waals surface area (Å²) < 4.78 is 23.0. The van der Waals surface area contributed by atoms with Crippen molar-refractivity contribution < 1.29 is 8.42 Å². The predicted octanol–water partition coefficient (Wildman–Crippen LogP) is 2.53. The second-order valence-electron chi connectivity index (χ2n) is 5.08. The maximum atomic E-state index is 11.5. The fraction of sp³-hybridized carbons (Fsp3) is 0.692. The summed E-state index contributed by atoms with van der Waals surface area (Å²) in [5.74, 6) is 1.07. The van der Waals surface area contributed by atoms with Crippen LogP contribution in [0.15, 0.2) is 11.4 Å². The molecule has 0 saturated carbocycles. The normalized spacial score (nSPS) is 24.2. The number of hydrogen-bond donors (Lipinski definition) is 1. The summed E-state index contributed by atoms with van der Waals surface area (Å²) in [6.07, 6.45) is 1.77. The third-order valence-corrected chi connectivity index (χ3v) is 6.53. The van der Waals surface area contributed by atoms with Crippen LogP contribution in [-0.4, -0.2) is 26.5 Å². The largest absolute Gasteiger partial charge is 0.310 e. The molecule has 18 heavy (non-hydrogen) atoms. The van der Waals surface area contributed by atoms with Crippen LogP contribution in [0.4, 0.5) is 0 Å². The lowest BCUT2D eigenvalue weighted by molar-refractivity contribution is 0.425. The molecule has 1 aromatic heterocycles. The number of thiophene rings is 1. The van der Waals surface area contributed by atoms with E-state index in [1.165, 1.54) is 10.4 Å². The molecule has 102 valence electrons. The molecule has 0 amide bonds. The highest BCUT2D eigenvalue weighted by atomic mass is 32.2. The van der Waals surface area contributed by atoms with Crippen molar-refractivity contribution in [3.8, 4) is 0 Å². The second kappa shape index (κ2) is 5.72. The van der Waals surface area contributed by atoms with Crippen LogP contribution in [0.25, 0.3) is 0 Å². The molecule has 1 aliphatic heterocycles. The highest BCUT2D eigenvalue weighted by Gasteiger charge is 2.30. The summed E-state index contributed by atoms with van der Waals surface area (Å²) in [5, 5.41) is 5.61. The van der Waals surface area contributed by atoms with E-state index < -0.39 is 9.84 Å². The minimum absolute atomic E-state index is 0.313. The van der Waals surface area contributed by atoms with Gasteiger partial charge in [0.1, 0.15) is 0 Å². The summed E-state index contributed by atoms with van der Waals surface area (Å²) in [6, 6.07) is 2.45. The van der Waals surface area contributed by atoms with Gasteiger partial charge in [0.05, 0.1) is 11.5 Å². The first-order valence-electron chi connectivity index (χ1n) is 6.49. The van der Waals surface area contributed by atoms with Gasteiger partial charge >= 0.3 is 0 Å². The molecule has 0 radical (unpaired) electrons. The maximum Gasteiger partial charge on any atom is 0.150 e. The third-order valence-electron chi connectivity index (χ3n) is 3.56. The zero-order chi connectivity index (χ0) is 13.2. The Balaban J connectivity index is 2.06. The Morgan fingerprint density at radius 1 is 1.56 bits per heavy atom. The molecule has 1 aliphatic rings. The van der Waals surface area contributed by atoms with Crippen LogP contribution in [0.2, 0.25) is 0 Å². The Bertz CT molecular complexity index is 493. The Morgan fingerprint density at radius 3 is 2.83 bits per heavy atom. The van der Waals surface area contributed by atoms with Gasteiger partial charge in [0.2, 0.25) is 0 Å². The Kier molecular flexibility index (Phi) is 4.45. The number of nitrogens with one attached hydrogen (secondary N) is 1. The van der Waals surface area contributed by atoms with Gasteiger partial charge in [0.15, 0.2) is 9.84 Å². The minimum Gasteiger partial charge on any atom is -0.310 e. The molecule has 0 spiro atoms. The molecule has 2 unspecified atom stereocenters. The number of rotatable bonds is 5.